The first-order chi connectivity index (χ1) is 6.63. The maximum atomic E-state index is 10.3. The normalized spacial score (nSPS) is 12.4. The molecule has 0 fully saturated rings. The number of hydrogen-bond donors (Lipinski definition) is 0. The van der Waals surface area contributed by atoms with E-state index in [0.29, 0.717) is 0 Å². The van der Waals surface area contributed by atoms with Crippen LogP contribution in [0.5, 0.6) is 0 Å². The van der Waals surface area contributed by atoms with Crippen LogP contribution in [0.1, 0.15) is 30.9 Å². The monoisotopic (exact) mass is 193 g/mol. The molecule has 0 N–H and O–H groups in total. The molecule has 0 aromatic heterocycles. The van der Waals surface area contributed by atoms with Crippen molar-refractivity contribution in [1.29, 1.82) is 0 Å². The summed E-state index contributed by atoms with van der Waals surface area (Å²) in [7, 11) is 0. The van der Waals surface area contributed by atoms with Crippen molar-refractivity contribution in [3.05, 3.63) is 45.5 Å². The third-order valence-electron chi connectivity index (χ3n) is 2.38. The number of rotatable bonds is 4. The Hall–Kier alpha value is -1.38. The Kier molecular flexibility index (Phi) is 3.63. The summed E-state index contributed by atoms with van der Waals surface area (Å²) in [4.78, 5) is 10.0. The first kappa shape index (κ1) is 10.7. The van der Waals surface area contributed by atoms with Gasteiger partial charge in [-0.2, -0.15) is 0 Å². The first-order valence-electron chi connectivity index (χ1n) is 4.84. The lowest BCUT2D eigenvalue weighted by Gasteiger charge is -2.07. The summed E-state index contributed by atoms with van der Waals surface area (Å²) in [5.41, 5.74) is 2.31. The van der Waals surface area contributed by atoms with E-state index in [4.69, 9.17) is 0 Å². The summed E-state index contributed by atoms with van der Waals surface area (Å²) >= 11 is 0. The van der Waals surface area contributed by atoms with Gasteiger partial charge in [0.1, 0.15) is 0 Å². The average Bonchev–Trinajstić information content (AvgIpc) is 2.17. The van der Waals surface area contributed by atoms with Gasteiger partial charge in [-0.05, 0) is 17.5 Å². The van der Waals surface area contributed by atoms with Gasteiger partial charge < -0.3 is 0 Å². The Balaban J connectivity index is 2.71. The fraction of sp³-hybridized carbons (Fsp3) is 0.455. The van der Waals surface area contributed by atoms with Gasteiger partial charge >= 0.3 is 0 Å². The molecule has 76 valence electrons. The van der Waals surface area contributed by atoms with Crippen LogP contribution in [0.4, 0.5) is 0 Å². The Bertz CT molecular complexity index is 306. The van der Waals surface area contributed by atoms with E-state index in [-0.39, 0.29) is 17.4 Å². The van der Waals surface area contributed by atoms with E-state index >= 15 is 0 Å². The van der Waals surface area contributed by atoms with Crippen LogP contribution in [-0.4, -0.2) is 11.5 Å². The standard InChI is InChI=1S/C11H15NO2/c1-3-10-4-6-11(7-5-10)9(2)8-12(13)14/h4-7,9H,3,8H2,1-2H3/t9-/m0/s1. The average molecular weight is 193 g/mol. The first-order valence-corrected chi connectivity index (χ1v) is 4.84. The van der Waals surface area contributed by atoms with Gasteiger partial charge in [0.25, 0.3) is 0 Å². The van der Waals surface area contributed by atoms with Gasteiger partial charge in [0.05, 0.1) is 0 Å². The highest BCUT2D eigenvalue weighted by molar-refractivity contribution is 5.24. The molecule has 0 saturated heterocycles. The third-order valence-corrected chi connectivity index (χ3v) is 2.38. The molecule has 3 nitrogen and oxygen atoms in total. The molecule has 1 aromatic rings. The van der Waals surface area contributed by atoms with Crippen molar-refractivity contribution in [3.63, 3.8) is 0 Å². The zero-order valence-corrected chi connectivity index (χ0v) is 8.56. The molecule has 0 aliphatic heterocycles. The number of hydrogen-bond acceptors (Lipinski definition) is 2. The van der Waals surface area contributed by atoms with Crippen LogP contribution >= 0.6 is 0 Å². The molecule has 1 rings (SSSR count). The number of aryl methyl sites for hydroxylation is 1. The Morgan fingerprint density at radius 3 is 2.36 bits per heavy atom. The predicted octanol–water partition coefficient (Wildman–Crippen LogP) is 2.63. The van der Waals surface area contributed by atoms with Gasteiger partial charge in [0.2, 0.25) is 6.54 Å². The van der Waals surface area contributed by atoms with Gasteiger partial charge in [-0.3, -0.25) is 10.1 Å². The third kappa shape index (κ3) is 2.83. The van der Waals surface area contributed by atoms with E-state index in [0.717, 1.165) is 12.0 Å². The van der Waals surface area contributed by atoms with Gasteiger partial charge in [0, 0.05) is 10.8 Å². The van der Waals surface area contributed by atoms with Crippen molar-refractivity contribution in [2.24, 2.45) is 0 Å². The van der Waals surface area contributed by atoms with Gasteiger partial charge in [0.15, 0.2) is 0 Å². The number of benzene rings is 1. The minimum atomic E-state index is -0.265. The molecule has 0 heterocycles. The van der Waals surface area contributed by atoms with E-state index in [1.54, 1.807) is 0 Å². The van der Waals surface area contributed by atoms with E-state index in [2.05, 4.69) is 6.92 Å². The van der Waals surface area contributed by atoms with Gasteiger partial charge in [-0.25, -0.2) is 0 Å². The molecule has 0 spiro atoms. The van der Waals surface area contributed by atoms with E-state index in [9.17, 15) is 10.1 Å². The van der Waals surface area contributed by atoms with Crippen LogP contribution in [0, 0.1) is 10.1 Å². The highest BCUT2D eigenvalue weighted by Gasteiger charge is 2.11. The Morgan fingerprint density at radius 1 is 1.36 bits per heavy atom. The van der Waals surface area contributed by atoms with Crippen LogP contribution in [0.15, 0.2) is 24.3 Å². The zero-order chi connectivity index (χ0) is 10.6. The topological polar surface area (TPSA) is 43.1 Å². The molecule has 0 bridgehead atoms. The number of nitro groups is 1. The summed E-state index contributed by atoms with van der Waals surface area (Å²) in [6, 6.07) is 8.03. The lowest BCUT2D eigenvalue weighted by atomic mass is 9.99. The molecule has 0 aliphatic rings. The Morgan fingerprint density at radius 2 is 1.93 bits per heavy atom. The maximum absolute atomic E-state index is 10.3. The highest BCUT2D eigenvalue weighted by atomic mass is 16.6. The van der Waals surface area contributed by atoms with Crippen molar-refractivity contribution in [2.45, 2.75) is 26.2 Å². The molecule has 1 atom stereocenters. The fourth-order valence-electron chi connectivity index (χ4n) is 1.41. The van der Waals surface area contributed by atoms with Crippen molar-refractivity contribution in [2.75, 3.05) is 6.54 Å². The molecule has 0 amide bonds. The summed E-state index contributed by atoms with van der Waals surface area (Å²) < 4.78 is 0. The summed E-state index contributed by atoms with van der Waals surface area (Å²) in [5.74, 6) is -0.00379. The highest BCUT2D eigenvalue weighted by Crippen LogP contribution is 2.16. The van der Waals surface area contributed by atoms with Crippen molar-refractivity contribution >= 4 is 0 Å². The van der Waals surface area contributed by atoms with Crippen molar-refractivity contribution in [1.82, 2.24) is 0 Å². The SMILES string of the molecule is CCc1ccc([C@@H](C)C[N+](=O)[O-])cc1. The van der Waals surface area contributed by atoms with Crippen LogP contribution in [0.25, 0.3) is 0 Å². The minimum Gasteiger partial charge on any atom is -0.265 e. The molecule has 0 unspecified atom stereocenters. The number of nitrogens with zero attached hydrogens (tertiary/aromatic N) is 1. The second-order valence-corrected chi connectivity index (χ2v) is 3.51. The minimum absolute atomic E-state index is 0.00379. The van der Waals surface area contributed by atoms with E-state index in [1.807, 2.05) is 31.2 Å². The van der Waals surface area contributed by atoms with E-state index in [1.165, 1.54) is 5.56 Å². The van der Waals surface area contributed by atoms with E-state index < -0.39 is 0 Å². The quantitative estimate of drug-likeness (QED) is 0.545. The fourth-order valence-corrected chi connectivity index (χ4v) is 1.41. The lowest BCUT2D eigenvalue weighted by Crippen LogP contribution is -2.09. The van der Waals surface area contributed by atoms with Crippen LogP contribution in [-0.2, 0) is 6.42 Å². The van der Waals surface area contributed by atoms with Gasteiger partial charge in [-0.15, -0.1) is 0 Å². The van der Waals surface area contributed by atoms with Crippen LogP contribution < -0.4 is 0 Å². The molecular formula is C11H15NO2. The smallest absolute Gasteiger partial charge is 0.210 e. The summed E-state index contributed by atoms with van der Waals surface area (Å²) in [6.45, 7) is 3.98. The van der Waals surface area contributed by atoms with Gasteiger partial charge in [-0.1, -0.05) is 38.1 Å². The van der Waals surface area contributed by atoms with Crippen LogP contribution in [0.2, 0.25) is 0 Å². The molecular weight excluding hydrogens is 178 g/mol. The molecule has 0 saturated carbocycles. The molecule has 0 radical (unpaired) electrons. The van der Waals surface area contributed by atoms with Crippen LogP contribution in [0.3, 0.4) is 0 Å². The lowest BCUT2D eigenvalue weighted by molar-refractivity contribution is -0.482. The Labute approximate surface area is 83.9 Å². The molecule has 3 heteroatoms. The predicted molar refractivity (Wildman–Crippen MR) is 56.1 cm³/mol. The van der Waals surface area contributed by atoms with Crippen molar-refractivity contribution < 1.29 is 4.92 Å². The summed E-state index contributed by atoms with van der Waals surface area (Å²) in [6.07, 6.45) is 1.00. The summed E-state index contributed by atoms with van der Waals surface area (Å²) in [5, 5.41) is 10.3. The maximum Gasteiger partial charge on any atom is 0.210 e. The zero-order valence-electron chi connectivity index (χ0n) is 8.56. The molecule has 1 aromatic carbocycles. The van der Waals surface area contributed by atoms with Crippen molar-refractivity contribution in [3.8, 4) is 0 Å². The molecule has 0 aliphatic carbocycles. The second kappa shape index (κ2) is 4.74. The largest absolute Gasteiger partial charge is 0.265 e. The second-order valence-electron chi connectivity index (χ2n) is 3.51. The molecule has 14 heavy (non-hydrogen) atoms.